The highest BCUT2D eigenvalue weighted by atomic mass is 16.7. The van der Waals surface area contributed by atoms with E-state index in [9.17, 15) is 0 Å². The highest BCUT2D eigenvalue weighted by molar-refractivity contribution is 6.62. The zero-order chi connectivity index (χ0) is 28.8. The summed E-state index contributed by atoms with van der Waals surface area (Å²) in [5.41, 5.74) is 6.13. The van der Waals surface area contributed by atoms with Crippen molar-refractivity contribution in [3.05, 3.63) is 108 Å². The zero-order valence-electron chi connectivity index (χ0n) is 24.4. The lowest BCUT2D eigenvalue weighted by Crippen LogP contribution is -2.41. The third kappa shape index (κ3) is 5.14. The summed E-state index contributed by atoms with van der Waals surface area (Å²) in [7, 11) is -0.474. The maximum atomic E-state index is 6.36. The Balaban J connectivity index is 1.52. The van der Waals surface area contributed by atoms with Crippen molar-refractivity contribution in [2.45, 2.75) is 58.7 Å². The first-order chi connectivity index (χ1) is 19.6. The minimum absolute atomic E-state index is 0.428. The van der Waals surface area contributed by atoms with Crippen LogP contribution in [0.1, 0.15) is 58.6 Å². The van der Waals surface area contributed by atoms with Crippen molar-refractivity contribution in [3.63, 3.8) is 0 Å². The van der Waals surface area contributed by atoms with Crippen LogP contribution in [0.5, 0.6) is 0 Å². The van der Waals surface area contributed by atoms with E-state index in [0.717, 1.165) is 62.7 Å². The summed E-state index contributed by atoms with van der Waals surface area (Å²) in [6.45, 7) is 14.6. The third-order valence-electron chi connectivity index (χ3n) is 8.32. The molecule has 2 heterocycles. The van der Waals surface area contributed by atoms with Gasteiger partial charge in [-0.2, -0.15) is 0 Å². The molecule has 1 aromatic heterocycles. The van der Waals surface area contributed by atoms with E-state index in [1.54, 1.807) is 0 Å². The quantitative estimate of drug-likeness (QED) is 0.146. The number of aliphatic imine (C=N–C) groups is 2. The van der Waals surface area contributed by atoms with Gasteiger partial charge in [-0.15, -0.1) is 0 Å². The molecule has 0 atom stereocenters. The molecule has 0 amide bonds. The Bertz CT molecular complexity index is 1760. The fourth-order valence-electron chi connectivity index (χ4n) is 5.23. The minimum atomic E-state index is -0.474. The molecule has 6 rings (SSSR count). The molecule has 0 unspecified atom stereocenters. The van der Waals surface area contributed by atoms with Gasteiger partial charge in [0.1, 0.15) is 11.2 Å². The number of amidine groups is 1. The number of hydrogen-bond donors (Lipinski definition) is 0. The second-order valence-electron chi connectivity index (χ2n) is 11.7. The van der Waals surface area contributed by atoms with Gasteiger partial charge in [-0.3, -0.25) is 0 Å². The smallest absolute Gasteiger partial charge is 0.456 e. The van der Waals surface area contributed by atoms with Crippen LogP contribution in [0, 0.1) is 0 Å². The number of nitrogens with zero attached hydrogens (tertiary/aromatic N) is 2. The first-order valence-corrected chi connectivity index (χ1v) is 14.2. The van der Waals surface area contributed by atoms with Gasteiger partial charge in [0.25, 0.3) is 0 Å². The minimum Gasteiger partial charge on any atom is -0.456 e. The normalized spacial score (nSPS) is 18.8. The van der Waals surface area contributed by atoms with Crippen molar-refractivity contribution in [2.24, 2.45) is 9.98 Å². The number of furan rings is 1. The van der Waals surface area contributed by atoms with Gasteiger partial charge < -0.3 is 13.7 Å². The summed E-state index contributed by atoms with van der Waals surface area (Å²) >= 11 is 0. The van der Waals surface area contributed by atoms with E-state index in [1.165, 1.54) is 0 Å². The van der Waals surface area contributed by atoms with Crippen LogP contribution in [-0.4, -0.2) is 29.9 Å². The van der Waals surface area contributed by atoms with Crippen LogP contribution in [0.3, 0.4) is 0 Å². The molecule has 2 aliphatic rings. The van der Waals surface area contributed by atoms with Crippen LogP contribution in [-0.2, 0) is 9.31 Å². The Labute approximate surface area is 242 Å². The zero-order valence-corrected chi connectivity index (χ0v) is 24.4. The molecule has 4 aromatic rings. The first-order valence-electron chi connectivity index (χ1n) is 14.2. The Hall–Kier alpha value is -4.00. The average molecular weight is 542 g/mol. The molecule has 1 aliphatic carbocycles. The summed E-state index contributed by atoms with van der Waals surface area (Å²) < 4.78 is 19.1. The number of hydrogen-bond acceptors (Lipinski definition) is 4. The van der Waals surface area contributed by atoms with Crippen molar-refractivity contribution in [1.82, 2.24) is 0 Å². The first kappa shape index (κ1) is 27.2. The molecule has 0 spiro atoms. The molecule has 0 radical (unpaired) electrons. The molecule has 1 saturated heterocycles. The second-order valence-corrected chi connectivity index (χ2v) is 11.7. The summed E-state index contributed by atoms with van der Waals surface area (Å²) in [5.74, 6) is 0.588. The molecule has 206 valence electrons. The summed E-state index contributed by atoms with van der Waals surface area (Å²) in [5, 5.41) is 1.91. The monoisotopic (exact) mass is 542 g/mol. The maximum absolute atomic E-state index is 6.36. The number of allylic oxidation sites excluding steroid dienone is 4. The molecule has 3 aromatic carbocycles. The fourth-order valence-corrected chi connectivity index (χ4v) is 5.23. The van der Waals surface area contributed by atoms with E-state index in [1.807, 2.05) is 61.5 Å². The summed E-state index contributed by atoms with van der Waals surface area (Å²) in [6, 6.07) is 22.1. The SMILES string of the molecule is C=C(N=C(N=C(C)C1=CCCC=C1)c1cccc2oc3ccc(B4OC(C)(C)C(C)(C)O4)cc3c12)c1ccccc1. The Morgan fingerprint density at radius 3 is 2.32 bits per heavy atom. The van der Waals surface area contributed by atoms with E-state index in [-0.39, 0.29) is 0 Å². The van der Waals surface area contributed by atoms with Gasteiger partial charge in [-0.25, -0.2) is 9.98 Å². The standard InChI is InChI=1S/C35H35BN2O3/c1-23(25-14-9-7-10-15-25)37-33(38-24(2)26-16-11-8-12-17-26)28-18-13-19-31-32(28)29-22-27(20-21-30(29)39-31)36-40-34(3,4)35(5,6)41-36/h7,9-11,13-22H,1,8,12H2,2-6H3. The molecule has 41 heavy (non-hydrogen) atoms. The van der Waals surface area contributed by atoms with E-state index < -0.39 is 18.3 Å². The van der Waals surface area contributed by atoms with Crippen LogP contribution < -0.4 is 5.46 Å². The lowest BCUT2D eigenvalue weighted by atomic mass is 9.78. The van der Waals surface area contributed by atoms with Gasteiger partial charge in [-0.1, -0.05) is 79.4 Å². The predicted octanol–water partition coefficient (Wildman–Crippen LogP) is 8.04. The Kier molecular flexibility index (Phi) is 6.92. The van der Waals surface area contributed by atoms with E-state index in [2.05, 4.69) is 64.6 Å². The average Bonchev–Trinajstić information content (AvgIpc) is 3.45. The van der Waals surface area contributed by atoms with Gasteiger partial charge in [0.05, 0.1) is 16.9 Å². The number of benzene rings is 3. The molecular weight excluding hydrogens is 507 g/mol. The van der Waals surface area contributed by atoms with Gasteiger partial charge >= 0.3 is 7.12 Å². The van der Waals surface area contributed by atoms with Crippen LogP contribution >= 0.6 is 0 Å². The Morgan fingerprint density at radius 1 is 0.854 bits per heavy atom. The number of rotatable bonds is 5. The molecule has 0 bridgehead atoms. The largest absolute Gasteiger partial charge is 0.494 e. The van der Waals surface area contributed by atoms with Crippen molar-refractivity contribution < 1.29 is 13.7 Å². The lowest BCUT2D eigenvalue weighted by Gasteiger charge is -2.32. The van der Waals surface area contributed by atoms with Crippen molar-refractivity contribution in [1.29, 1.82) is 0 Å². The van der Waals surface area contributed by atoms with E-state index >= 15 is 0 Å². The highest BCUT2D eigenvalue weighted by Gasteiger charge is 2.51. The molecule has 5 nitrogen and oxygen atoms in total. The van der Waals surface area contributed by atoms with Gasteiger partial charge in [0.2, 0.25) is 0 Å². The van der Waals surface area contributed by atoms with Crippen LogP contribution in [0.4, 0.5) is 0 Å². The van der Waals surface area contributed by atoms with Crippen molar-refractivity contribution >= 4 is 51.8 Å². The van der Waals surface area contributed by atoms with Crippen LogP contribution in [0.25, 0.3) is 27.6 Å². The summed E-state index contributed by atoms with van der Waals surface area (Å²) in [6.07, 6.45) is 8.61. The second kappa shape index (κ2) is 10.4. The van der Waals surface area contributed by atoms with Crippen molar-refractivity contribution in [3.8, 4) is 0 Å². The molecule has 0 N–H and O–H groups in total. The Morgan fingerprint density at radius 2 is 1.61 bits per heavy atom. The van der Waals surface area contributed by atoms with Gasteiger partial charge in [0, 0.05) is 22.0 Å². The topological polar surface area (TPSA) is 56.3 Å². The van der Waals surface area contributed by atoms with Gasteiger partial charge in [0.15, 0.2) is 5.84 Å². The molecule has 0 saturated carbocycles. The number of fused-ring (bicyclic) bond motifs is 3. The summed E-state index contributed by atoms with van der Waals surface area (Å²) in [4.78, 5) is 10.1. The highest BCUT2D eigenvalue weighted by Crippen LogP contribution is 2.38. The van der Waals surface area contributed by atoms with Crippen LogP contribution in [0.15, 0.2) is 112 Å². The van der Waals surface area contributed by atoms with Crippen LogP contribution in [0.2, 0.25) is 0 Å². The predicted molar refractivity (Wildman–Crippen MR) is 171 cm³/mol. The third-order valence-corrected chi connectivity index (χ3v) is 8.32. The van der Waals surface area contributed by atoms with Crippen molar-refractivity contribution in [2.75, 3.05) is 0 Å². The fraction of sp³-hybridized carbons (Fsp3) is 0.257. The molecule has 6 heteroatoms. The maximum Gasteiger partial charge on any atom is 0.494 e. The van der Waals surface area contributed by atoms with E-state index in [4.69, 9.17) is 23.7 Å². The molecular formula is C35H35BN2O3. The van der Waals surface area contributed by atoms with Gasteiger partial charge in [-0.05, 0) is 76.2 Å². The lowest BCUT2D eigenvalue weighted by molar-refractivity contribution is 0.00578. The molecule has 1 fully saturated rings. The molecule has 1 aliphatic heterocycles. The van der Waals surface area contributed by atoms with E-state index in [0.29, 0.717) is 11.5 Å².